The molecule has 2 aromatic carbocycles. The van der Waals surface area contributed by atoms with Crippen molar-refractivity contribution in [2.75, 3.05) is 11.4 Å². The number of nitrogens with one attached hydrogen (secondary N) is 1. The fourth-order valence-electron chi connectivity index (χ4n) is 3.06. The van der Waals surface area contributed by atoms with Gasteiger partial charge in [0.2, 0.25) is 5.91 Å². The Bertz CT molecular complexity index is 964. The van der Waals surface area contributed by atoms with Crippen molar-refractivity contribution in [1.29, 1.82) is 0 Å². The first kappa shape index (κ1) is 21.2. The molecular formula is C19H14BrF5N2O2. The van der Waals surface area contributed by atoms with Crippen LogP contribution in [0.5, 0.6) is 0 Å². The predicted octanol–water partition coefficient (Wildman–Crippen LogP) is 4.67. The molecule has 0 saturated carbocycles. The van der Waals surface area contributed by atoms with Gasteiger partial charge in [-0.25, -0.2) is 8.78 Å². The Morgan fingerprint density at radius 3 is 2.52 bits per heavy atom. The number of hydrogen-bond acceptors (Lipinski definition) is 2. The van der Waals surface area contributed by atoms with Crippen LogP contribution in [-0.4, -0.2) is 24.4 Å². The lowest BCUT2D eigenvalue weighted by atomic mass is 10.0. The van der Waals surface area contributed by atoms with Crippen molar-refractivity contribution in [3.8, 4) is 0 Å². The number of alkyl halides is 3. The summed E-state index contributed by atoms with van der Waals surface area (Å²) in [5, 5.41) is 2.41. The number of anilines is 1. The maximum Gasteiger partial charge on any atom is 0.416 e. The number of carbonyl (C=O) groups is 2. The van der Waals surface area contributed by atoms with Crippen molar-refractivity contribution in [1.82, 2.24) is 5.32 Å². The monoisotopic (exact) mass is 476 g/mol. The van der Waals surface area contributed by atoms with Gasteiger partial charge in [-0.3, -0.25) is 9.59 Å². The van der Waals surface area contributed by atoms with Gasteiger partial charge in [0.15, 0.2) is 0 Å². The molecule has 0 aliphatic carbocycles. The molecule has 1 aliphatic heterocycles. The van der Waals surface area contributed by atoms with Crippen LogP contribution in [0, 0.1) is 11.6 Å². The summed E-state index contributed by atoms with van der Waals surface area (Å²) in [6.45, 7) is 0.168. The van der Waals surface area contributed by atoms with Crippen LogP contribution in [0.3, 0.4) is 0 Å². The Balaban J connectivity index is 1.81. The summed E-state index contributed by atoms with van der Waals surface area (Å²) in [4.78, 5) is 26.3. The van der Waals surface area contributed by atoms with Crippen LogP contribution in [0.2, 0.25) is 0 Å². The second-order valence-corrected chi connectivity index (χ2v) is 7.30. The lowest BCUT2D eigenvalue weighted by Gasteiger charge is -2.33. The minimum Gasteiger partial charge on any atom is -0.340 e. The minimum atomic E-state index is -4.63. The molecule has 2 aromatic rings. The van der Waals surface area contributed by atoms with Crippen LogP contribution in [0.25, 0.3) is 0 Å². The van der Waals surface area contributed by atoms with E-state index in [1.165, 1.54) is 0 Å². The average Bonchev–Trinajstić information content (AvgIpc) is 2.63. The smallest absolute Gasteiger partial charge is 0.340 e. The third-order valence-electron chi connectivity index (χ3n) is 4.48. The van der Waals surface area contributed by atoms with Gasteiger partial charge in [0, 0.05) is 17.1 Å². The second kappa shape index (κ2) is 8.10. The number of halogens is 6. The van der Waals surface area contributed by atoms with Gasteiger partial charge in [-0.15, -0.1) is 0 Å². The van der Waals surface area contributed by atoms with Crippen molar-refractivity contribution < 1.29 is 31.5 Å². The van der Waals surface area contributed by atoms with Crippen molar-refractivity contribution in [3.05, 3.63) is 63.6 Å². The molecule has 2 amide bonds. The van der Waals surface area contributed by atoms with Gasteiger partial charge in [0.25, 0.3) is 5.91 Å². The topological polar surface area (TPSA) is 49.4 Å². The summed E-state index contributed by atoms with van der Waals surface area (Å²) in [6.07, 6.45) is -3.98. The van der Waals surface area contributed by atoms with Gasteiger partial charge in [-0.1, -0.05) is 0 Å². The Hall–Kier alpha value is -2.49. The summed E-state index contributed by atoms with van der Waals surface area (Å²) >= 11 is 3.03. The van der Waals surface area contributed by atoms with Crippen LogP contribution in [0.4, 0.5) is 27.6 Å². The first-order valence-electron chi connectivity index (χ1n) is 8.52. The molecule has 154 valence electrons. The Kier molecular flexibility index (Phi) is 5.92. The van der Waals surface area contributed by atoms with Crippen LogP contribution in [0.15, 0.2) is 40.9 Å². The molecule has 4 nitrogen and oxygen atoms in total. The summed E-state index contributed by atoms with van der Waals surface area (Å²) in [7, 11) is 0. The molecule has 0 spiro atoms. The van der Waals surface area contributed by atoms with Gasteiger partial charge >= 0.3 is 6.18 Å². The quantitative estimate of drug-likeness (QED) is 0.654. The van der Waals surface area contributed by atoms with Gasteiger partial charge in [0.1, 0.15) is 17.7 Å². The molecule has 0 aromatic heterocycles. The molecule has 1 unspecified atom stereocenters. The molecular weight excluding hydrogens is 463 g/mol. The van der Waals surface area contributed by atoms with E-state index in [4.69, 9.17) is 0 Å². The standard InChI is InChI=1S/C19H14BrF5N2O2/c20-13-5-3-10(19(23,24)25)8-12(13)17(28)26-15-2-1-7-27(18(15)29)16-6-4-11(21)9-14(16)22/h3-6,8-9,15H,1-2,7H2,(H,26,28). The first-order valence-corrected chi connectivity index (χ1v) is 9.31. The minimum absolute atomic E-state index is 0.129. The number of piperidine rings is 1. The number of amides is 2. The maximum atomic E-state index is 14.0. The largest absolute Gasteiger partial charge is 0.416 e. The highest BCUT2D eigenvalue weighted by Gasteiger charge is 2.34. The Morgan fingerprint density at radius 2 is 1.86 bits per heavy atom. The number of hydrogen-bond donors (Lipinski definition) is 1. The maximum absolute atomic E-state index is 14.0. The zero-order valence-electron chi connectivity index (χ0n) is 14.7. The normalized spacial score (nSPS) is 17.4. The molecule has 29 heavy (non-hydrogen) atoms. The van der Waals surface area contributed by atoms with Gasteiger partial charge in [-0.05, 0) is 59.1 Å². The van der Waals surface area contributed by atoms with E-state index in [1.807, 2.05) is 0 Å². The van der Waals surface area contributed by atoms with Gasteiger partial charge in [0.05, 0.1) is 16.8 Å². The summed E-state index contributed by atoms with van der Waals surface area (Å²) in [5.74, 6) is -3.22. The Labute approximate surface area is 170 Å². The third-order valence-corrected chi connectivity index (χ3v) is 5.17. The van der Waals surface area contributed by atoms with E-state index in [2.05, 4.69) is 21.2 Å². The predicted molar refractivity (Wildman–Crippen MR) is 98.3 cm³/mol. The van der Waals surface area contributed by atoms with E-state index in [0.717, 1.165) is 29.2 Å². The summed E-state index contributed by atoms with van der Waals surface area (Å²) in [5.41, 5.74) is -1.41. The highest BCUT2D eigenvalue weighted by molar-refractivity contribution is 9.10. The third kappa shape index (κ3) is 4.58. The van der Waals surface area contributed by atoms with Crippen LogP contribution >= 0.6 is 15.9 Å². The molecule has 10 heteroatoms. The molecule has 0 bridgehead atoms. The molecule has 1 saturated heterocycles. The lowest BCUT2D eigenvalue weighted by Crippen LogP contribution is -2.52. The molecule has 1 N–H and O–H groups in total. The molecule has 1 heterocycles. The number of benzene rings is 2. The van der Waals surface area contributed by atoms with Crippen molar-refractivity contribution >= 4 is 33.4 Å². The SMILES string of the molecule is O=C(NC1CCCN(c2ccc(F)cc2F)C1=O)c1cc(C(F)(F)F)ccc1Br. The number of nitrogens with zero attached hydrogens (tertiary/aromatic N) is 1. The summed E-state index contributed by atoms with van der Waals surface area (Å²) in [6, 6.07) is 4.33. The second-order valence-electron chi connectivity index (χ2n) is 6.45. The van der Waals surface area contributed by atoms with E-state index < -0.39 is 41.2 Å². The molecule has 1 fully saturated rings. The number of carbonyl (C=O) groups excluding carboxylic acids is 2. The highest BCUT2D eigenvalue weighted by Crippen LogP contribution is 2.32. The molecule has 1 atom stereocenters. The average molecular weight is 477 g/mol. The fourth-order valence-corrected chi connectivity index (χ4v) is 3.49. The molecule has 1 aliphatic rings. The van der Waals surface area contributed by atoms with Crippen molar-refractivity contribution in [2.45, 2.75) is 25.1 Å². The Morgan fingerprint density at radius 1 is 1.14 bits per heavy atom. The highest BCUT2D eigenvalue weighted by atomic mass is 79.9. The van der Waals surface area contributed by atoms with E-state index in [-0.39, 0.29) is 28.7 Å². The summed E-state index contributed by atoms with van der Waals surface area (Å²) < 4.78 is 66.0. The van der Waals surface area contributed by atoms with E-state index in [9.17, 15) is 31.5 Å². The van der Waals surface area contributed by atoms with Crippen LogP contribution in [0.1, 0.15) is 28.8 Å². The van der Waals surface area contributed by atoms with Crippen LogP contribution < -0.4 is 10.2 Å². The first-order chi connectivity index (χ1) is 13.6. The zero-order chi connectivity index (χ0) is 21.3. The molecule has 0 radical (unpaired) electrons. The fraction of sp³-hybridized carbons (Fsp3) is 0.263. The van der Waals surface area contributed by atoms with Gasteiger partial charge < -0.3 is 10.2 Å². The molecule has 3 rings (SSSR count). The number of rotatable bonds is 3. The lowest BCUT2D eigenvalue weighted by molar-refractivity contribution is -0.137. The van der Waals surface area contributed by atoms with Crippen molar-refractivity contribution in [3.63, 3.8) is 0 Å². The van der Waals surface area contributed by atoms with Gasteiger partial charge in [-0.2, -0.15) is 13.2 Å². The van der Waals surface area contributed by atoms with Crippen LogP contribution in [-0.2, 0) is 11.0 Å². The van der Waals surface area contributed by atoms with E-state index >= 15 is 0 Å². The van der Waals surface area contributed by atoms with E-state index in [0.29, 0.717) is 18.6 Å². The zero-order valence-corrected chi connectivity index (χ0v) is 16.3. The van der Waals surface area contributed by atoms with E-state index in [1.54, 1.807) is 0 Å². The van der Waals surface area contributed by atoms with Crippen molar-refractivity contribution in [2.24, 2.45) is 0 Å².